The maximum Gasteiger partial charge on any atom is 0.138 e. The number of rotatable bonds is 3. The first-order valence-corrected chi connectivity index (χ1v) is 8.71. The van der Waals surface area contributed by atoms with Crippen molar-refractivity contribution in [2.24, 2.45) is 0 Å². The molecule has 3 aromatic rings. The summed E-state index contributed by atoms with van der Waals surface area (Å²) >= 11 is 7.36. The average Bonchev–Trinajstić information content (AvgIpc) is 3.15. The molecule has 1 saturated heterocycles. The van der Waals surface area contributed by atoms with Crippen LogP contribution in [0.15, 0.2) is 30.5 Å². The number of H-pyrrole nitrogens is 1. The minimum absolute atomic E-state index is 0.636. The van der Waals surface area contributed by atoms with Gasteiger partial charge in [-0.05, 0) is 43.5 Å². The van der Waals surface area contributed by atoms with Gasteiger partial charge in [-0.25, -0.2) is 0 Å². The molecule has 0 bridgehead atoms. The van der Waals surface area contributed by atoms with E-state index in [1.807, 2.05) is 0 Å². The van der Waals surface area contributed by atoms with Gasteiger partial charge in [0.2, 0.25) is 0 Å². The molecule has 0 atom stereocenters. The van der Waals surface area contributed by atoms with Crippen LogP contribution in [0.4, 0.5) is 0 Å². The molecule has 2 aromatic heterocycles. The van der Waals surface area contributed by atoms with Crippen LogP contribution in [-0.2, 0) is 6.54 Å². The lowest BCUT2D eigenvalue weighted by molar-refractivity contribution is 0.203. The summed E-state index contributed by atoms with van der Waals surface area (Å²) in [5, 5.41) is 5.48. The van der Waals surface area contributed by atoms with E-state index in [9.17, 15) is 0 Å². The van der Waals surface area contributed by atoms with Crippen molar-refractivity contribution >= 4 is 34.0 Å². The monoisotopic (exact) mass is 332 g/mol. The van der Waals surface area contributed by atoms with Crippen LogP contribution in [0.5, 0.6) is 0 Å². The Balaban J connectivity index is 1.44. The summed E-state index contributed by atoms with van der Waals surface area (Å²) in [6, 6.07) is 8.56. The van der Waals surface area contributed by atoms with Gasteiger partial charge in [0.25, 0.3) is 0 Å². The molecule has 1 aromatic carbocycles. The Morgan fingerprint density at radius 2 is 2.09 bits per heavy atom. The standard InChI is InChI=1S/C16H17ClN4S/c17-16-15(19-20-22-16)10-21-7-5-11(6-8-21)13-9-18-14-4-2-1-3-12(13)14/h1-4,9,11,18H,5-8,10H2. The van der Waals surface area contributed by atoms with Crippen LogP contribution in [0.25, 0.3) is 10.9 Å². The van der Waals surface area contributed by atoms with Crippen LogP contribution in [0.3, 0.4) is 0 Å². The molecule has 114 valence electrons. The first kappa shape index (κ1) is 14.2. The summed E-state index contributed by atoms with van der Waals surface area (Å²) in [5.74, 6) is 0.636. The Kier molecular flexibility index (Phi) is 3.86. The fraction of sp³-hybridized carbons (Fsp3) is 0.375. The van der Waals surface area contributed by atoms with Crippen LogP contribution in [0.2, 0.25) is 4.34 Å². The number of aromatic amines is 1. The summed E-state index contributed by atoms with van der Waals surface area (Å²) in [6.45, 7) is 2.98. The zero-order valence-corrected chi connectivity index (χ0v) is 13.7. The largest absolute Gasteiger partial charge is 0.361 e. The van der Waals surface area contributed by atoms with E-state index in [1.165, 1.54) is 40.8 Å². The molecule has 1 aliphatic rings. The highest BCUT2D eigenvalue weighted by atomic mass is 35.5. The molecular formula is C16H17ClN4S. The molecule has 0 aliphatic carbocycles. The van der Waals surface area contributed by atoms with Crippen LogP contribution in [-0.4, -0.2) is 32.6 Å². The third kappa shape index (κ3) is 2.64. The number of hydrogen-bond donors (Lipinski definition) is 1. The Morgan fingerprint density at radius 3 is 2.86 bits per heavy atom. The summed E-state index contributed by atoms with van der Waals surface area (Å²) in [5.41, 5.74) is 3.61. The highest BCUT2D eigenvalue weighted by Gasteiger charge is 2.23. The van der Waals surface area contributed by atoms with Gasteiger partial charge in [-0.3, -0.25) is 4.90 Å². The third-order valence-electron chi connectivity index (χ3n) is 4.53. The number of nitrogens with zero attached hydrogens (tertiary/aromatic N) is 3. The summed E-state index contributed by atoms with van der Waals surface area (Å²) in [4.78, 5) is 5.82. The number of piperidine rings is 1. The van der Waals surface area contributed by atoms with E-state index in [2.05, 4.69) is 49.9 Å². The molecule has 0 spiro atoms. The van der Waals surface area contributed by atoms with Gasteiger partial charge < -0.3 is 4.98 Å². The van der Waals surface area contributed by atoms with Crippen LogP contribution >= 0.6 is 23.1 Å². The lowest BCUT2D eigenvalue weighted by Crippen LogP contribution is -2.32. The molecule has 1 N–H and O–H groups in total. The van der Waals surface area contributed by atoms with Crippen molar-refractivity contribution < 1.29 is 0 Å². The van der Waals surface area contributed by atoms with Crippen LogP contribution in [0.1, 0.15) is 30.0 Å². The minimum atomic E-state index is 0.636. The molecule has 1 aliphatic heterocycles. The smallest absolute Gasteiger partial charge is 0.138 e. The second-order valence-corrected chi connectivity index (χ2v) is 7.19. The molecule has 4 nitrogen and oxygen atoms in total. The Labute approximate surface area is 138 Å². The van der Waals surface area contributed by atoms with Gasteiger partial charge in [0.15, 0.2) is 0 Å². The van der Waals surface area contributed by atoms with Gasteiger partial charge >= 0.3 is 0 Å². The number of hydrogen-bond acceptors (Lipinski definition) is 4. The first-order chi connectivity index (χ1) is 10.8. The fourth-order valence-electron chi connectivity index (χ4n) is 3.34. The van der Waals surface area contributed by atoms with Crippen molar-refractivity contribution in [1.82, 2.24) is 19.5 Å². The summed E-state index contributed by atoms with van der Waals surface area (Å²) in [7, 11) is 0. The molecule has 4 rings (SSSR count). The zero-order chi connectivity index (χ0) is 14.9. The van der Waals surface area contributed by atoms with E-state index in [1.54, 1.807) is 0 Å². The minimum Gasteiger partial charge on any atom is -0.361 e. The molecule has 0 unspecified atom stereocenters. The predicted molar refractivity (Wildman–Crippen MR) is 90.5 cm³/mol. The van der Waals surface area contributed by atoms with E-state index < -0.39 is 0 Å². The maximum absolute atomic E-state index is 6.10. The molecule has 0 radical (unpaired) electrons. The van der Waals surface area contributed by atoms with Crippen molar-refractivity contribution in [2.45, 2.75) is 25.3 Å². The normalized spacial score (nSPS) is 17.3. The second-order valence-electron chi connectivity index (χ2n) is 5.83. The molecule has 6 heteroatoms. The van der Waals surface area contributed by atoms with Gasteiger partial charge in [-0.15, -0.1) is 5.10 Å². The summed E-state index contributed by atoms with van der Waals surface area (Å²) in [6.07, 6.45) is 4.54. The third-order valence-corrected chi connectivity index (χ3v) is 5.52. The first-order valence-electron chi connectivity index (χ1n) is 7.56. The van der Waals surface area contributed by atoms with Crippen molar-refractivity contribution in [1.29, 1.82) is 0 Å². The van der Waals surface area contributed by atoms with Gasteiger partial charge in [0.1, 0.15) is 10.0 Å². The van der Waals surface area contributed by atoms with Crippen molar-refractivity contribution in [3.63, 3.8) is 0 Å². The molecule has 0 amide bonds. The Bertz CT molecular complexity index is 773. The van der Waals surface area contributed by atoms with E-state index in [4.69, 9.17) is 11.6 Å². The van der Waals surface area contributed by atoms with E-state index in [0.29, 0.717) is 5.92 Å². The number of para-hydroxylation sites is 1. The molecule has 1 fully saturated rings. The van der Waals surface area contributed by atoms with Gasteiger partial charge in [-0.2, -0.15) is 0 Å². The Hall–Kier alpha value is -1.43. The lowest BCUT2D eigenvalue weighted by atomic mass is 9.89. The molecule has 22 heavy (non-hydrogen) atoms. The van der Waals surface area contributed by atoms with Crippen molar-refractivity contribution in [3.05, 3.63) is 46.1 Å². The predicted octanol–water partition coefficient (Wildman–Crippen LogP) is 4.05. The number of benzene rings is 1. The number of fused-ring (bicyclic) bond motifs is 1. The Morgan fingerprint density at radius 1 is 1.27 bits per heavy atom. The molecule has 3 heterocycles. The molecule has 0 saturated carbocycles. The number of halogens is 1. The van der Waals surface area contributed by atoms with Gasteiger partial charge in [-0.1, -0.05) is 34.3 Å². The van der Waals surface area contributed by atoms with Crippen molar-refractivity contribution in [2.75, 3.05) is 13.1 Å². The van der Waals surface area contributed by atoms with Crippen LogP contribution < -0.4 is 0 Å². The lowest BCUT2D eigenvalue weighted by Gasteiger charge is -2.31. The summed E-state index contributed by atoms with van der Waals surface area (Å²) < 4.78 is 4.63. The highest BCUT2D eigenvalue weighted by Crippen LogP contribution is 2.33. The maximum atomic E-state index is 6.10. The fourth-order valence-corrected chi connectivity index (χ4v) is 3.95. The van der Waals surface area contributed by atoms with Crippen LogP contribution in [0, 0.1) is 0 Å². The van der Waals surface area contributed by atoms with E-state index in [-0.39, 0.29) is 0 Å². The van der Waals surface area contributed by atoms with Gasteiger partial charge in [0.05, 0.1) is 0 Å². The van der Waals surface area contributed by atoms with Gasteiger partial charge in [0, 0.05) is 35.2 Å². The average molecular weight is 333 g/mol. The van der Waals surface area contributed by atoms with Crippen molar-refractivity contribution in [3.8, 4) is 0 Å². The number of aromatic nitrogens is 3. The number of nitrogens with one attached hydrogen (secondary N) is 1. The molecular weight excluding hydrogens is 316 g/mol. The quantitative estimate of drug-likeness (QED) is 0.787. The highest BCUT2D eigenvalue weighted by molar-refractivity contribution is 7.10. The topological polar surface area (TPSA) is 44.8 Å². The van der Waals surface area contributed by atoms with E-state index in [0.717, 1.165) is 29.7 Å². The number of likely N-dealkylation sites (tertiary alicyclic amines) is 1. The SMILES string of the molecule is Clc1snnc1CN1CCC(c2c[nH]c3ccccc23)CC1. The second kappa shape index (κ2) is 5.99. The zero-order valence-electron chi connectivity index (χ0n) is 12.1. The van der Waals surface area contributed by atoms with E-state index >= 15 is 0 Å².